The summed E-state index contributed by atoms with van der Waals surface area (Å²) < 4.78 is 13.4. The van der Waals surface area contributed by atoms with E-state index in [0.29, 0.717) is 17.8 Å². The van der Waals surface area contributed by atoms with Crippen LogP contribution in [0.1, 0.15) is 87.5 Å². The molecule has 8 atom stereocenters. The van der Waals surface area contributed by atoms with Gasteiger partial charge in [0.25, 0.3) is 0 Å². The maximum Gasteiger partial charge on any atom is 0.192 e. The first-order valence-electron chi connectivity index (χ1n) is 12.3. The van der Waals surface area contributed by atoms with Gasteiger partial charge < -0.3 is 14.3 Å². The molecule has 0 aromatic rings. The monoisotopic (exact) mass is 436 g/mol. The van der Waals surface area contributed by atoms with Gasteiger partial charge in [-0.1, -0.05) is 46.3 Å². The van der Waals surface area contributed by atoms with E-state index in [1.807, 2.05) is 0 Å². The number of hydrogen-bond acceptors (Lipinski definition) is 3. The van der Waals surface area contributed by atoms with Crippen molar-refractivity contribution < 1.29 is 14.3 Å². The molecule has 2 bridgehead atoms. The minimum Gasteiger partial charge on any atom is -0.410 e. The van der Waals surface area contributed by atoms with E-state index in [1.165, 1.54) is 5.57 Å². The summed E-state index contributed by atoms with van der Waals surface area (Å²) in [5, 5.41) is 11.6. The molecule has 3 rings (SSSR count). The molecule has 3 nitrogen and oxygen atoms in total. The second kappa shape index (κ2) is 8.00. The molecule has 1 N–H and O–H groups in total. The highest BCUT2D eigenvalue weighted by Crippen LogP contribution is 2.58. The lowest BCUT2D eigenvalue weighted by atomic mass is 9.65. The standard InChI is InChI=1S/C26H48O3Si/c1-17-11-12-20(23(15-17)28-30(9,10)24(4,5)6)18(2)22(27)16-21-19(3)25(7)13-14-26(21,8)29-25/h15,18-23,27H,11-14,16H2,1-10H3/t18-,19-,20-,21-,22?,23-,25-,26+/m1/s1. The molecule has 0 aromatic heterocycles. The highest BCUT2D eigenvalue weighted by Gasteiger charge is 2.61. The van der Waals surface area contributed by atoms with Crippen LogP contribution in [-0.2, 0) is 9.16 Å². The summed E-state index contributed by atoms with van der Waals surface area (Å²) >= 11 is 0. The number of hydrogen-bond donors (Lipinski definition) is 1. The number of ether oxygens (including phenoxy) is 1. The van der Waals surface area contributed by atoms with Crippen LogP contribution in [0.4, 0.5) is 0 Å². The van der Waals surface area contributed by atoms with Crippen LogP contribution in [0.3, 0.4) is 0 Å². The molecule has 2 saturated heterocycles. The second-order valence-corrected chi connectivity index (χ2v) is 17.6. The maximum absolute atomic E-state index is 11.4. The quantitative estimate of drug-likeness (QED) is 0.371. The van der Waals surface area contributed by atoms with E-state index < -0.39 is 8.32 Å². The number of allylic oxidation sites excluding steroid dienone is 1. The molecular formula is C26H48O3Si. The van der Waals surface area contributed by atoms with Crippen LogP contribution >= 0.6 is 0 Å². The fourth-order valence-corrected chi connectivity index (χ4v) is 7.40. The molecule has 0 spiro atoms. The zero-order valence-electron chi connectivity index (χ0n) is 21.3. The summed E-state index contributed by atoms with van der Waals surface area (Å²) in [5.74, 6) is 1.56. The maximum atomic E-state index is 11.4. The second-order valence-electron chi connectivity index (χ2n) is 12.8. The van der Waals surface area contributed by atoms with Crippen molar-refractivity contribution in [2.45, 2.75) is 129 Å². The normalized spacial score (nSPS) is 41.6. The first kappa shape index (κ1) is 24.5. The third kappa shape index (κ3) is 4.36. The Bertz CT molecular complexity index is 666. The van der Waals surface area contributed by atoms with E-state index in [-0.39, 0.29) is 34.4 Å². The van der Waals surface area contributed by atoms with Gasteiger partial charge in [0.15, 0.2) is 8.32 Å². The van der Waals surface area contributed by atoms with E-state index in [1.54, 1.807) is 0 Å². The lowest BCUT2D eigenvalue weighted by Gasteiger charge is -2.44. The molecule has 0 radical (unpaired) electrons. The Labute approximate surface area is 187 Å². The predicted molar refractivity (Wildman–Crippen MR) is 128 cm³/mol. The van der Waals surface area contributed by atoms with Gasteiger partial charge in [0.05, 0.1) is 23.4 Å². The van der Waals surface area contributed by atoms with E-state index in [2.05, 4.69) is 74.6 Å². The highest BCUT2D eigenvalue weighted by atomic mass is 28.4. The van der Waals surface area contributed by atoms with Crippen LogP contribution in [0.5, 0.6) is 0 Å². The van der Waals surface area contributed by atoms with Crippen molar-refractivity contribution in [3.05, 3.63) is 11.6 Å². The first-order valence-corrected chi connectivity index (χ1v) is 15.2. The van der Waals surface area contributed by atoms with Crippen LogP contribution < -0.4 is 0 Å². The van der Waals surface area contributed by atoms with E-state index >= 15 is 0 Å². The molecular weight excluding hydrogens is 388 g/mol. The van der Waals surface area contributed by atoms with Crippen LogP contribution in [-0.4, -0.2) is 36.8 Å². The van der Waals surface area contributed by atoms with E-state index in [9.17, 15) is 5.11 Å². The van der Waals surface area contributed by atoms with Crippen molar-refractivity contribution in [3.8, 4) is 0 Å². The Morgan fingerprint density at radius 3 is 2.37 bits per heavy atom. The fraction of sp³-hybridized carbons (Fsp3) is 0.923. The molecule has 174 valence electrons. The molecule has 4 heteroatoms. The van der Waals surface area contributed by atoms with Gasteiger partial charge in [0.2, 0.25) is 0 Å². The zero-order valence-corrected chi connectivity index (χ0v) is 22.3. The SMILES string of the molecule is CC1=C[C@@H](O[Si](C)(C)C(C)(C)C)[C@@H]([C@@H](C)C(O)C[C@@H]2[C@@H](C)[C@@]3(C)CC[C@]2(C)O3)CC1. The summed E-state index contributed by atoms with van der Waals surface area (Å²) in [7, 11) is -1.87. The molecule has 0 saturated carbocycles. The van der Waals surface area contributed by atoms with E-state index in [4.69, 9.17) is 9.16 Å². The van der Waals surface area contributed by atoms with Crippen LogP contribution in [0.2, 0.25) is 18.1 Å². The molecule has 0 amide bonds. The molecule has 30 heavy (non-hydrogen) atoms. The van der Waals surface area contributed by atoms with Crippen molar-refractivity contribution in [2.75, 3.05) is 0 Å². The smallest absolute Gasteiger partial charge is 0.192 e. The first-order chi connectivity index (χ1) is 13.6. The summed E-state index contributed by atoms with van der Waals surface area (Å²) in [6.45, 7) is 23.0. The fourth-order valence-electron chi connectivity index (χ4n) is 6.13. The van der Waals surface area contributed by atoms with E-state index in [0.717, 1.165) is 32.1 Å². The number of aliphatic hydroxyl groups is 1. The number of fused-ring (bicyclic) bond motifs is 2. The summed E-state index contributed by atoms with van der Waals surface area (Å²) in [6.07, 6.45) is 7.56. The van der Waals surface area contributed by atoms with Gasteiger partial charge in [-0.05, 0) is 94.7 Å². The molecule has 0 aromatic carbocycles. The topological polar surface area (TPSA) is 38.7 Å². The van der Waals surface area contributed by atoms with Crippen LogP contribution in [0.25, 0.3) is 0 Å². The van der Waals surface area contributed by atoms with Gasteiger partial charge in [0.1, 0.15) is 0 Å². The summed E-state index contributed by atoms with van der Waals surface area (Å²) in [6, 6.07) is 0. The predicted octanol–water partition coefficient (Wildman–Crippen LogP) is 6.71. The van der Waals surface area contributed by atoms with Crippen molar-refractivity contribution in [3.63, 3.8) is 0 Å². The molecule has 1 unspecified atom stereocenters. The third-order valence-electron chi connectivity index (χ3n) is 9.69. The van der Waals surface area contributed by atoms with Gasteiger partial charge in [0, 0.05) is 0 Å². The zero-order chi connectivity index (χ0) is 22.7. The van der Waals surface area contributed by atoms with Crippen LogP contribution in [0.15, 0.2) is 11.6 Å². The Morgan fingerprint density at radius 1 is 1.23 bits per heavy atom. The Kier molecular flexibility index (Phi) is 6.53. The van der Waals surface area contributed by atoms with Gasteiger partial charge in [-0.3, -0.25) is 0 Å². The lowest BCUT2D eigenvalue weighted by Crippen LogP contribution is -2.48. The highest BCUT2D eigenvalue weighted by molar-refractivity contribution is 6.74. The van der Waals surface area contributed by atoms with Gasteiger partial charge >= 0.3 is 0 Å². The minimum absolute atomic E-state index is 0.00103. The Hall–Kier alpha value is -0.163. The van der Waals surface area contributed by atoms with Gasteiger partial charge in [-0.2, -0.15) is 0 Å². The average Bonchev–Trinajstić information content (AvgIpc) is 3.02. The van der Waals surface area contributed by atoms with Crippen molar-refractivity contribution in [2.24, 2.45) is 23.7 Å². The van der Waals surface area contributed by atoms with Gasteiger partial charge in [-0.15, -0.1) is 0 Å². The Morgan fingerprint density at radius 2 is 1.83 bits per heavy atom. The van der Waals surface area contributed by atoms with Crippen molar-refractivity contribution in [1.29, 1.82) is 0 Å². The van der Waals surface area contributed by atoms with Crippen molar-refractivity contribution in [1.82, 2.24) is 0 Å². The third-order valence-corrected chi connectivity index (χ3v) is 14.2. The van der Waals surface area contributed by atoms with Crippen LogP contribution in [0, 0.1) is 23.7 Å². The molecule has 2 aliphatic heterocycles. The largest absolute Gasteiger partial charge is 0.410 e. The molecule has 2 heterocycles. The average molecular weight is 437 g/mol. The molecule has 3 aliphatic rings. The number of aliphatic hydroxyl groups excluding tert-OH is 1. The van der Waals surface area contributed by atoms with Gasteiger partial charge in [-0.25, -0.2) is 0 Å². The minimum atomic E-state index is -1.87. The van der Waals surface area contributed by atoms with Crippen molar-refractivity contribution >= 4 is 8.32 Å². The molecule has 2 fully saturated rings. The number of rotatable bonds is 6. The molecule has 1 aliphatic carbocycles. The summed E-state index contributed by atoms with van der Waals surface area (Å²) in [5.41, 5.74) is 1.38. The lowest BCUT2D eigenvalue weighted by molar-refractivity contribution is -0.0501. The summed E-state index contributed by atoms with van der Waals surface area (Å²) in [4.78, 5) is 0. The Balaban J connectivity index is 1.73.